The Balaban J connectivity index is 2.73. The summed E-state index contributed by atoms with van der Waals surface area (Å²) in [7, 11) is 1.54. The van der Waals surface area contributed by atoms with E-state index in [1.165, 1.54) is 4.90 Å². The van der Waals surface area contributed by atoms with Crippen molar-refractivity contribution >= 4 is 17.9 Å². The van der Waals surface area contributed by atoms with Crippen molar-refractivity contribution in [2.24, 2.45) is 0 Å². The number of hydrogen-bond acceptors (Lipinski definition) is 4. The van der Waals surface area contributed by atoms with E-state index in [0.717, 1.165) is 12.8 Å². The summed E-state index contributed by atoms with van der Waals surface area (Å²) >= 11 is 0. The lowest BCUT2D eigenvalue weighted by Crippen LogP contribution is -2.53. The molecule has 0 aliphatic carbocycles. The van der Waals surface area contributed by atoms with E-state index in [2.05, 4.69) is 10.6 Å². The van der Waals surface area contributed by atoms with Gasteiger partial charge in [0.1, 0.15) is 17.7 Å². The highest BCUT2D eigenvalue weighted by Crippen LogP contribution is 2.21. The first-order chi connectivity index (χ1) is 10.7. The second-order valence-electron chi connectivity index (χ2n) is 6.80. The predicted molar refractivity (Wildman–Crippen MR) is 86.9 cm³/mol. The Kier molecular flexibility index (Phi) is 6.84. The van der Waals surface area contributed by atoms with Gasteiger partial charge in [-0.1, -0.05) is 13.3 Å². The van der Waals surface area contributed by atoms with E-state index in [-0.39, 0.29) is 11.8 Å². The molecule has 1 unspecified atom stereocenters. The maximum absolute atomic E-state index is 12.5. The highest BCUT2D eigenvalue weighted by molar-refractivity contribution is 5.91. The lowest BCUT2D eigenvalue weighted by molar-refractivity contribution is -0.131. The Morgan fingerprint density at radius 2 is 1.96 bits per heavy atom. The Bertz CT molecular complexity index is 445. The molecule has 0 aromatic carbocycles. The molecule has 3 amide bonds. The van der Waals surface area contributed by atoms with Crippen molar-refractivity contribution in [2.75, 3.05) is 13.6 Å². The van der Waals surface area contributed by atoms with Crippen molar-refractivity contribution in [1.29, 1.82) is 0 Å². The molecule has 1 aliphatic heterocycles. The summed E-state index contributed by atoms with van der Waals surface area (Å²) in [6.45, 7) is 7.81. The fourth-order valence-electron chi connectivity index (χ4n) is 2.58. The number of amides is 3. The summed E-state index contributed by atoms with van der Waals surface area (Å²) in [5, 5.41) is 5.31. The standard InChI is InChI=1S/C16H29N3O4/c1-6-8-11(13(20)17-5)18-14(21)12-9-7-10-19(12)15(22)23-16(2,3)4/h11-12H,6-10H2,1-5H3,(H,17,20)(H,18,21)/t11-,12?/m0/s1. The minimum atomic E-state index is -0.604. The second-order valence-corrected chi connectivity index (χ2v) is 6.80. The van der Waals surface area contributed by atoms with Crippen LogP contribution in [0.5, 0.6) is 0 Å². The fraction of sp³-hybridized carbons (Fsp3) is 0.812. The zero-order chi connectivity index (χ0) is 17.6. The normalized spacial score (nSPS) is 19.2. The van der Waals surface area contributed by atoms with Crippen molar-refractivity contribution in [2.45, 2.75) is 71.1 Å². The summed E-state index contributed by atoms with van der Waals surface area (Å²) in [5.74, 6) is -0.516. The molecule has 0 spiro atoms. The first-order valence-electron chi connectivity index (χ1n) is 8.21. The Labute approximate surface area is 138 Å². The zero-order valence-electron chi connectivity index (χ0n) is 14.8. The quantitative estimate of drug-likeness (QED) is 0.799. The molecule has 1 aliphatic rings. The van der Waals surface area contributed by atoms with Crippen molar-refractivity contribution in [3.63, 3.8) is 0 Å². The van der Waals surface area contributed by atoms with Gasteiger partial charge in [0, 0.05) is 13.6 Å². The summed E-state index contributed by atoms with van der Waals surface area (Å²) in [4.78, 5) is 38.0. The zero-order valence-corrected chi connectivity index (χ0v) is 14.8. The number of ether oxygens (including phenoxy) is 1. The number of carbonyl (C=O) groups is 3. The van der Waals surface area contributed by atoms with Crippen LogP contribution >= 0.6 is 0 Å². The topological polar surface area (TPSA) is 87.7 Å². The number of nitrogens with one attached hydrogen (secondary N) is 2. The molecule has 0 aromatic heterocycles. The maximum atomic E-state index is 12.5. The van der Waals surface area contributed by atoms with E-state index in [4.69, 9.17) is 4.74 Å². The van der Waals surface area contributed by atoms with E-state index < -0.39 is 23.8 Å². The van der Waals surface area contributed by atoms with Crippen LogP contribution < -0.4 is 10.6 Å². The van der Waals surface area contributed by atoms with Gasteiger partial charge in [0.25, 0.3) is 0 Å². The molecule has 0 radical (unpaired) electrons. The number of likely N-dealkylation sites (tertiary alicyclic amines) is 1. The van der Waals surface area contributed by atoms with E-state index in [1.807, 2.05) is 6.92 Å². The molecular formula is C16H29N3O4. The molecule has 23 heavy (non-hydrogen) atoms. The molecule has 0 bridgehead atoms. The van der Waals surface area contributed by atoms with E-state index in [0.29, 0.717) is 19.4 Å². The molecular weight excluding hydrogens is 298 g/mol. The lowest BCUT2D eigenvalue weighted by atomic mass is 10.1. The Hall–Kier alpha value is -1.79. The van der Waals surface area contributed by atoms with E-state index >= 15 is 0 Å². The fourth-order valence-corrected chi connectivity index (χ4v) is 2.58. The van der Waals surface area contributed by atoms with E-state index in [9.17, 15) is 14.4 Å². The number of carbonyl (C=O) groups excluding carboxylic acids is 3. The first-order valence-corrected chi connectivity index (χ1v) is 8.21. The predicted octanol–water partition coefficient (Wildman–Crippen LogP) is 1.42. The molecule has 1 heterocycles. The van der Waals surface area contributed by atoms with Crippen LogP contribution in [0.3, 0.4) is 0 Å². The molecule has 7 nitrogen and oxygen atoms in total. The van der Waals surface area contributed by atoms with Crippen LogP contribution in [0.1, 0.15) is 53.4 Å². The van der Waals surface area contributed by atoms with Crippen LogP contribution in [0.25, 0.3) is 0 Å². The van der Waals surface area contributed by atoms with Crippen LogP contribution in [0, 0.1) is 0 Å². The maximum Gasteiger partial charge on any atom is 0.410 e. The van der Waals surface area contributed by atoms with Crippen LogP contribution in [-0.4, -0.2) is 54.1 Å². The highest BCUT2D eigenvalue weighted by Gasteiger charge is 2.37. The number of rotatable bonds is 5. The average Bonchev–Trinajstić information content (AvgIpc) is 2.93. The summed E-state index contributed by atoms with van der Waals surface area (Å²) in [6.07, 6.45) is 2.18. The smallest absolute Gasteiger partial charge is 0.410 e. The van der Waals surface area contributed by atoms with Crippen LogP contribution in [-0.2, 0) is 14.3 Å². The van der Waals surface area contributed by atoms with Gasteiger partial charge in [-0.2, -0.15) is 0 Å². The van der Waals surface area contributed by atoms with Crippen LogP contribution in [0.15, 0.2) is 0 Å². The van der Waals surface area contributed by atoms with Gasteiger partial charge in [-0.15, -0.1) is 0 Å². The monoisotopic (exact) mass is 327 g/mol. The highest BCUT2D eigenvalue weighted by atomic mass is 16.6. The van der Waals surface area contributed by atoms with E-state index in [1.54, 1.807) is 27.8 Å². The molecule has 7 heteroatoms. The third-order valence-corrected chi connectivity index (χ3v) is 3.64. The van der Waals surface area contributed by atoms with Gasteiger partial charge in [0.2, 0.25) is 11.8 Å². The minimum absolute atomic E-state index is 0.220. The Morgan fingerprint density at radius 1 is 1.30 bits per heavy atom. The largest absolute Gasteiger partial charge is 0.444 e. The molecule has 1 fully saturated rings. The van der Waals surface area contributed by atoms with Gasteiger partial charge in [-0.25, -0.2) is 4.79 Å². The third-order valence-electron chi connectivity index (χ3n) is 3.64. The molecule has 0 aromatic rings. The summed E-state index contributed by atoms with van der Waals surface area (Å²) in [5.41, 5.74) is -0.604. The first kappa shape index (κ1) is 19.3. The van der Waals surface area contributed by atoms with Gasteiger partial charge < -0.3 is 15.4 Å². The lowest BCUT2D eigenvalue weighted by Gasteiger charge is -2.29. The van der Waals surface area contributed by atoms with Gasteiger partial charge in [-0.05, 0) is 40.0 Å². The van der Waals surface area contributed by atoms with Crippen LogP contribution in [0.4, 0.5) is 4.79 Å². The van der Waals surface area contributed by atoms with Gasteiger partial charge in [-0.3, -0.25) is 14.5 Å². The minimum Gasteiger partial charge on any atom is -0.444 e. The summed E-state index contributed by atoms with van der Waals surface area (Å²) in [6, 6.07) is -1.15. The number of hydrogen-bond donors (Lipinski definition) is 2. The molecule has 1 saturated heterocycles. The number of likely N-dealkylation sites (N-methyl/N-ethyl adjacent to an activating group) is 1. The second kappa shape index (κ2) is 8.17. The Morgan fingerprint density at radius 3 is 2.48 bits per heavy atom. The SMILES string of the molecule is CCC[C@H](NC(=O)C1CCCN1C(=O)OC(C)(C)C)C(=O)NC. The van der Waals surface area contributed by atoms with Gasteiger partial charge >= 0.3 is 6.09 Å². The molecule has 0 saturated carbocycles. The molecule has 132 valence electrons. The van der Waals surface area contributed by atoms with Crippen molar-refractivity contribution in [1.82, 2.24) is 15.5 Å². The van der Waals surface area contributed by atoms with Crippen LogP contribution in [0.2, 0.25) is 0 Å². The molecule has 2 N–H and O–H groups in total. The molecule has 1 rings (SSSR count). The van der Waals surface area contributed by atoms with Gasteiger partial charge in [0.05, 0.1) is 0 Å². The van der Waals surface area contributed by atoms with Crippen molar-refractivity contribution < 1.29 is 19.1 Å². The van der Waals surface area contributed by atoms with Crippen molar-refractivity contribution in [3.05, 3.63) is 0 Å². The van der Waals surface area contributed by atoms with Crippen molar-refractivity contribution in [3.8, 4) is 0 Å². The summed E-state index contributed by atoms with van der Waals surface area (Å²) < 4.78 is 5.35. The average molecular weight is 327 g/mol. The molecule has 2 atom stereocenters. The third kappa shape index (κ3) is 5.73. The number of nitrogens with zero attached hydrogens (tertiary/aromatic N) is 1. The van der Waals surface area contributed by atoms with Gasteiger partial charge in [0.15, 0.2) is 0 Å².